The first kappa shape index (κ1) is 15.4. The van der Waals surface area contributed by atoms with Crippen LogP contribution in [-0.4, -0.2) is 12.7 Å². The highest BCUT2D eigenvalue weighted by atomic mass is 31.2. The molecule has 3 atom stereocenters. The van der Waals surface area contributed by atoms with Gasteiger partial charge in [0, 0.05) is 6.54 Å². The van der Waals surface area contributed by atoms with Gasteiger partial charge in [-0.3, -0.25) is 9.88 Å². The van der Waals surface area contributed by atoms with Crippen LogP contribution in [0, 0.1) is 0 Å². The summed E-state index contributed by atoms with van der Waals surface area (Å²) in [5.74, 6) is -0.459. The fourth-order valence-electron chi connectivity index (χ4n) is 2.51. The minimum absolute atomic E-state index is 0.143. The van der Waals surface area contributed by atoms with Gasteiger partial charge in [0.15, 0.2) is 0 Å². The Hall–Kier alpha value is -1.45. The van der Waals surface area contributed by atoms with Crippen LogP contribution in [0.3, 0.4) is 0 Å². The van der Waals surface area contributed by atoms with Gasteiger partial charge in [0.05, 0.1) is 12.7 Å². The third kappa shape index (κ3) is 3.47. The van der Waals surface area contributed by atoms with Crippen molar-refractivity contribution in [1.29, 1.82) is 0 Å². The maximum atomic E-state index is 13.0. The topological polar surface area (TPSA) is 47.6 Å². The molecular formula is C17H20NO3P. The summed E-state index contributed by atoms with van der Waals surface area (Å²) in [5.41, 5.74) is 2.04. The van der Waals surface area contributed by atoms with E-state index in [1.807, 2.05) is 67.6 Å². The van der Waals surface area contributed by atoms with Crippen molar-refractivity contribution in [3.63, 3.8) is 0 Å². The lowest BCUT2D eigenvalue weighted by Crippen LogP contribution is -2.21. The van der Waals surface area contributed by atoms with Crippen molar-refractivity contribution in [2.75, 3.05) is 6.61 Å². The molecule has 0 unspecified atom stereocenters. The van der Waals surface area contributed by atoms with Crippen LogP contribution < -0.4 is 5.32 Å². The van der Waals surface area contributed by atoms with Crippen molar-refractivity contribution in [1.82, 2.24) is 5.32 Å². The zero-order valence-electron chi connectivity index (χ0n) is 12.5. The molecule has 1 N–H and O–H groups in total. The summed E-state index contributed by atoms with van der Waals surface area (Å²) in [6, 6.07) is 19.7. The molecule has 3 rings (SSSR count). The number of nitrogens with one attached hydrogen (secondary N) is 1. The molecule has 2 aromatic rings. The van der Waals surface area contributed by atoms with Crippen LogP contribution in [0.4, 0.5) is 0 Å². The largest absolute Gasteiger partial charge is 0.352 e. The Balaban J connectivity index is 1.82. The first-order valence-corrected chi connectivity index (χ1v) is 9.03. The molecule has 1 aliphatic rings. The predicted molar refractivity (Wildman–Crippen MR) is 86.6 cm³/mol. The number of rotatable bonds is 5. The van der Waals surface area contributed by atoms with Crippen molar-refractivity contribution in [2.24, 2.45) is 0 Å². The van der Waals surface area contributed by atoms with E-state index in [1.54, 1.807) is 0 Å². The predicted octanol–water partition coefficient (Wildman–Crippen LogP) is 4.10. The molecule has 1 fully saturated rings. The summed E-state index contributed by atoms with van der Waals surface area (Å²) < 4.78 is 24.2. The van der Waals surface area contributed by atoms with E-state index in [-0.39, 0.29) is 6.10 Å². The van der Waals surface area contributed by atoms with E-state index in [0.29, 0.717) is 13.2 Å². The van der Waals surface area contributed by atoms with E-state index < -0.39 is 13.4 Å². The second kappa shape index (κ2) is 6.76. The van der Waals surface area contributed by atoms with Crippen LogP contribution in [0.5, 0.6) is 0 Å². The van der Waals surface area contributed by atoms with Crippen molar-refractivity contribution < 1.29 is 13.6 Å². The maximum Gasteiger partial charge on any atom is 0.352 e. The monoisotopic (exact) mass is 317 g/mol. The quantitative estimate of drug-likeness (QED) is 0.843. The first-order chi connectivity index (χ1) is 10.7. The van der Waals surface area contributed by atoms with Crippen molar-refractivity contribution in [3.05, 3.63) is 71.8 Å². The number of benzene rings is 2. The molecule has 1 aliphatic heterocycles. The first-order valence-electron chi connectivity index (χ1n) is 7.42. The summed E-state index contributed by atoms with van der Waals surface area (Å²) in [4.78, 5) is 0. The van der Waals surface area contributed by atoms with E-state index in [1.165, 1.54) is 0 Å². The standard InChI is InChI=1S/C17H20NO3P/c1-14-13-20-22(19,21-14)17(16-10-6-3-7-11-16)18-12-15-8-4-2-5-9-15/h2-11,14,17-18H,12-13H2,1H3/t14-,17+,22+/m0/s1. The summed E-state index contributed by atoms with van der Waals surface area (Å²) in [6.07, 6.45) is -0.143. The fourth-order valence-corrected chi connectivity index (χ4v) is 4.68. The van der Waals surface area contributed by atoms with Crippen LogP contribution in [0.2, 0.25) is 0 Å². The summed E-state index contributed by atoms with van der Waals surface area (Å²) >= 11 is 0. The second-order valence-corrected chi connectivity index (χ2v) is 7.50. The van der Waals surface area contributed by atoms with Gasteiger partial charge >= 0.3 is 7.60 Å². The van der Waals surface area contributed by atoms with Crippen molar-refractivity contribution in [2.45, 2.75) is 25.4 Å². The average Bonchev–Trinajstić information content (AvgIpc) is 2.89. The van der Waals surface area contributed by atoms with E-state index in [4.69, 9.17) is 9.05 Å². The zero-order valence-corrected chi connectivity index (χ0v) is 13.4. The molecule has 2 aromatic carbocycles. The molecule has 5 heteroatoms. The normalized spacial score (nSPS) is 26.0. The van der Waals surface area contributed by atoms with Gasteiger partial charge in [-0.15, -0.1) is 0 Å². The lowest BCUT2D eigenvalue weighted by molar-refractivity contribution is 0.253. The van der Waals surface area contributed by atoms with Gasteiger partial charge in [0.2, 0.25) is 0 Å². The van der Waals surface area contributed by atoms with Crippen LogP contribution in [-0.2, 0) is 20.2 Å². The summed E-state index contributed by atoms with van der Waals surface area (Å²) in [7, 11) is -3.21. The van der Waals surface area contributed by atoms with Gasteiger partial charge < -0.3 is 9.05 Å². The van der Waals surface area contributed by atoms with Crippen LogP contribution in [0.1, 0.15) is 23.8 Å². The van der Waals surface area contributed by atoms with Crippen LogP contribution in [0.15, 0.2) is 60.7 Å². The Morgan fingerprint density at radius 2 is 1.77 bits per heavy atom. The zero-order chi connectivity index (χ0) is 15.4. The molecule has 0 radical (unpaired) electrons. The molecule has 0 saturated carbocycles. The SMILES string of the molecule is C[C@H]1CO[P@](=O)([C@@H](NCc2ccccc2)c2ccccc2)O1. The summed E-state index contributed by atoms with van der Waals surface area (Å²) in [6.45, 7) is 2.85. The lowest BCUT2D eigenvalue weighted by Gasteiger charge is -2.24. The molecule has 0 aromatic heterocycles. The van der Waals surface area contributed by atoms with E-state index in [0.717, 1.165) is 11.1 Å². The van der Waals surface area contributed by atoms with Gasteiger partial charge in [-0.25, -0.2) is 0 Å². The Bertz CT molecular complexity index is 647. The van der Waals surface area contributed by atoms with Gasteiger partial charge in [0.25, 0.3) is 0 Å². The van der Waals surface area contributed by atoms with E-state index >= 15 is 0 Å². The van der Waals surface area contributed by atoms with Gasteiger partial charge in [0.1, 0.15) is 5.78 Å². The third-order valence-electron chi connectivity index (χ3n) is 3.59. The van der Waals surface area contributed by atoms with Crippen LogP contribution >= 0.6 is 7.60 Å². The highest BCUT2D eigenvalue weighted by Gasteiger charge is 2.43. The van der Waals surface area contributed by atoms with Crippen molar-refractivity contribution >= 4 is 7.60 Å². The van der Waals surface area contributed by atoms with Gasteiger partial charge in [-0.1, -0.05) is 60.7 Å². The Morgan fingerprint density at radius 3 is 2.36 bits per heavy atom. The average molecular weight is 317 g/mol. The Kier molecular flexibility index (Phi) is 4.74. The molecule has 1 heterocycles. The molecule has 22 heavy (non-hydrogen) atoms. The molecule has 0 spiro atoms. The van der Waals surface area contributed by atoms with Gasteiger partial charge in [-0.2, -0.15) is 0 Å². The van der Waals surface area contributed by atoms with Gasteiger partial charge in [-0.05, 0) is 18.1 Å². The molecule has 1 saturated heterocycles. The molecule has 0 amide bonds. The molecule has 4 nitrogen and oxygen atoms in total. The Morgan fingerprint density at radius 1 is 1.14 bits per heavy atom. The fraction of sp³-hybridized carbons (Fsp3) is 0.294. The number of hydrogen-bond donors (Lipinski definition) is 1. The maximum absolute atomic E-state index is 13.0. The van der Waals surface area contributed by atoms with Crippen molar-refractivity contribution in [3.8, 4) is 0 Å². The van der Waals surface area contributed by atoms with Crippen LogP contribution in [0.25, 0.3) is 0 Å². The second-order valence-electron chi connectivity index (χ2n) is 5.43. The van der Waals surface area contributed by atoms with E-state index in [9.17, 15) is 4.57 Å². The molecular weight excluding hydrogens is 297 g/mol. The Labute approximate surface area is 131 Å². The lowest BCUT2D eigenvalue weighted by atomic mass is 10.2. The number of hydrogen-bond acceptors (Lipinski definition) is 4. The third-order valence-corrected chi connectivity index (χ3v) is 5.87. The minimum atomic E-state index is -3.21. The highest BCUT2D eigenvalue weighted by Crippen LogP contribution is 2.63. The van der Waals surface area contributed by atoms with E-state index in [2.05, 4.69) is 5.32 Å². The highest BCUT2D eigenvalue weighted by molar-refractivity contribution is 7.54. The smallest absolute Gasteiger partial charge is 0.304 e. The molecule has 0 aliphatic carbocycles. The minimum Gasteiger partial charge on any atom is -0.304 e. The molecule has 116 valence electrons. The summed E-state index contributed by atoms with van der Waals surface area (Å²) in [5, 5.41) is 3.34. The molecule has 0 bridgehead atoms.